The van der Waals surface area contributed by atoms with E-state index < -0.39 is 0 Å². The van der Waals surface area contributed by atoms with E-state index in [9.17, 15) is 0 Å². The molecule has 1 aliphatic carbocycles. The van der Waals surface area contributed by atoms with E-state index in [0.29, 0.717) is 11.4 Å². The Kier molecular flexibility index (Phi) is 2.48. The summed E-state index contributed by atoms with van der Waals surface area (Å²) in [5.41, 5.74) is 2.92. The minimum Gasteiger partial charge on any atom is -0.370 e. The first kappa shape index (κ1) is 10.2. The summed E-state index contributed by atoms with van der Waals surface area (Å²) < 4.78 is 0. The molecule has 0 spiro atoms. The fourth-order valence-corrected chi connectivity index (χ4v) is 1.68. The number of nitrogens with one attached hydrogen (secondary N) is 2. The van der Waals surface area contributed by atoms with Gasteiger partial charge in [-0.1, -0.05) is 13.8 Å². The molecule has 1 unspecified atom stereocenters. The fraction of sp³-hybridized carbons (Fsp3) is 0.600. The number of hydrogen-bond donors (Lipinski definition) is 3. The van der Waals surface area contributed by atoms with Crippen LogP contribution in [0.5, 0.6) is 0 Å². The molecule has 4 N–H and O–H groups in total. The van der Waals surface area contributed by atoms with Gasteiger partial charge in [-0.05, 0) is 23.8 Å². The van der Waals surface area contributed by atoms with Crippen molar-refractivity contribution in [2.75, 3.05) is 17.3 Å². The Morgan fingerprint density at radius 1 is 1.60 bits per heavy atom. The second-order valence-corrected chi connectivity index (χ2v) is 4.68. The number of aromatic nitrogens is 2. The van der Waals surface area contributed by atoms with Crippen LogP contribution in [0.1, 0.15) is 20.3 Å². The summed E-state index contributed by atoms with van der Waals surface area (Å²) in [6, 6.07) is 1.84. The van der Waals surface area contributed by atoms with Gasteiger partial charge < -0.3 is 5.32 Å². The standard InChI is InChI=1S/C10H17N5/c1-10(2)5-7(10)6-13-8-3-4-12-9(14-8)15-11/h3-4,7H,5-6,11H2,1-2H3,(H2,12,13,14,15). The van der Waals surface area contributed by atoms with Gasteiger partial charge >= 0.3 is 0 Å². The number of rotatable bonds is 4. The average Bonchev–Trinajstić information content (AvgIpc) is 2.84. The van der Waals surface area contributed by atoms with Gasteiger partial charge in [0, 0.05) is 12.7 Å². The number of nitrogen functional groups attached to an aromatic ring is 1. The first-order valence-electron chi connectivity index (χ1n) is 5.15. The van der Waals surface area contributed by atoms with E-state index in [0.717, 1.165) is 18.3 Å². The zero-order valence-corrected chi connectivity index (χ0v) is 9.12. The molecule has 0 saturated heterocycles. The normalized spacial score (nSPS) is 22.2. The monoisotopic (exact) mass is 207 g/mol. The van der Waals surface area contributed by atoms with Crippen molar-refractivity contribution in [3.05, 3.63) is 12.3 Å². The Bertz CT molecular complexity index is 349. The summed E-state index contributed by atoms with van der Waals surface area (Å²) in [5, 5.41) is 3.29. The van der Waals surface area contributed by atoms with Crippen molar-refractivity contribution in [2.24, 2.45) is 17.2 Å². The van der Waals surface area contributed by atoms with Crippen molar-refractivity contribution < 1.29 is 0 Å². The van der Waals surface area contributed by atoms with Crippen LogP contribution in [-0.4, -0.2) is 16.5 Å². The summed E-state index contributed by atoms with van der Waals surface area (Å²) in [6.45, 7) is 5.53. The molecular formula is C10H17N5. The zero-order chi connectivity index (χ0) is 10.9. The van der Waals surface area contributed by atoms with Crippen LogP contribution >= 0.6 is 0 Å². The lowest BCUT2D eigenvalue weighted by Crippen LogP contribution is -2.13. The molecule has 5 nitrogen and oxygen atoms in total. The van der Waals surface area contributed by atoms with E-state index in [1.807, 2.05) is 6.07 Å². The highest BCUT2D eigenvalue weighted by Gasteiger charge is 2.44. The highest BCUT2D eigenvalue weighted by molar-refractivity contribution is 5.39. The van der Waals surface area contributed by atoms with Crippen LogP contribution in [-0.2, 0) is 0 Å². The molecule has 1 aromatic heterocycles. The Morgan fingerprint density at radius 3 is 2.93 bits per heavy atom. The number of nitrogens with two attached hydrogens (primary N) is 1. The summed E-state index contributed by atoms with van der Waals surface area (Å²) in [6.07, 6.45) is 2.97. The largest absolute Gasteiger partial charge is 0.370 e. The Balaban J connectivity index is 1.88. The van der Waals surface area contributed by atoms with Crippen molar-refractivity contribution in [3.8, 4) is 0 Å². The Labute approximate surface area is 89.5 Å². The van der Waals surface area contributed by atoms with Crippen molar-refractivity contribution in [3.63, 3.8) is 0 Å². The first-order valence-corrected chi connectivity index (χ1v) is 5.15. The third-order valence-corrected chi connectivity index (χ3v) is 3.03. The molecule has 1 fully saturated rings. The molecule has 0 aliphatic heterocycles. The van der Waals surface area contributed by atoms with Gasteiger partial charge in [0.2, 0.25) is 5.95 Å². The quantitative estimate of drug-likeness (QED) is 0.511. The molecule has 82 valence electrons. The van der Waals surface area contributed by atoms with Gasteiger partial charge in [0.1, 0.15) is 5.82 Å². The van der Waals surface area contributed by atoms with Crippen molar-refractivity contribution >= 4 is 11.8 Å². The van der Waals surface area contributed by atoms with Gasteiger partial charge in [-0.25, -0.2) is 10.8 Å². The van der Waals surface area contributed by atoms with E-state index in [2.05, 4.69) is 34.6 Å². The molecule has 1 saturated carbocycles. The molecule has 0 aromatic carbocycles. The highest BCUT2D eigenvalue weighted by atomic mass is 15.3. The molecule has 1 heterocycles. The van der Waals surface area contributed by atoms with Crippen molar-refractivity contribution in [1.82, 2.24) is 9.97 Å². The first-order chi connectivity index (χ1) is 7.12. The predicted molar refractivity (Wildman–Crippen MR) is 60.2 cm³/mol. The summed E-state index contributed by atoms with van der Waals surface area (Å²) >= 11 is 0. The third-order valence-electron chi connectivity index (χ3n) is 3.03. The molecule has 1 aliphatic rings. The van der Waals surface area contributed by atoms with E-state index in [1.54, 1.807) is 6.20 Å². The van der Waals surface area contributed by atoms with E-state index in [1.165, 1.54) is 6.42 Å². The molecule has 0 bridgehead atoms. The van der Waals surface area contributed by atoms with Crippen LogP contribution in [0.25, 0.3) is 0 Å². The molecule has 5 heteroatoms. The number of hydrazine groups is 1. The molecule has 15 heavy (non-hydrogen) atoms. The molecule has 1 atom stereocenters. The topological polar surface area (TPSA) is 75.9 Å². The van der Waals surface area contributed by atoms with Crippen LogP contribution in [0.4, 0.5) is 11.8 Å². The maximum Gasteiger partial charge on any atom is 0.239 e. The average molecular weight is 207 g/mol. The molecule has 1 aromatic rings. The zero-order valence-electron chi connectivity index (χ0n) is 9.12. The highest BCUT2D eigenvalue weighted by Crippen LogP contribution is 2.51. The Hall–Kier alpha value is -1.36. The summed E-state index contributed by atoms with van der Waals surface area (Å²) in [4.78, 5) is 8.12. The summed E-state index contributed by atoms with van der Waals surface area (Å²) in [7, 11) is 0. The minimum atomic E-state index is 0.440. The number of anilines is 2. The van der Waals surface area contributed by atoms with E-state index in [4.69, 9.17) is 5.84 Å². The van der Waals surface area contributed by atoms with Crippen LogP contribution in [0, 0.1) is 11.3 Å². The van der Waals surface area contributed by atoms with Crippen LogP contribution in [0.2, 0.25) is 0 Å². The molecule has 0 amide bonds. The predicted octanol–water partition coefficient (Wildman–Crippen LogP) is 1.22. The van der Waals surface area contributed by atoms with Crippen molar-refractivity contribution in [2.45, 2.75) is 20.3 Å². The molecule has 0 radical (unpaired) electrons. The van der Waals surface area contributed by atoms with Crippen molar-refractivity contribution in [1.29, 1.82) is 0 Å². The van der Waals surface area contributed by atoms with Gasteiger partial charge in [-0.2, -0.15) is 4.98 Å². The van der Waals surface area contributed by atoms with Crippen LogP contribution in [0.15, 0.2) is 12.3 Å². The second kappa shape index (κ2) is 3.66. The van der Waals surface area contributed by atoms with Gasteiger partial charge in [0.25, 0.3) is 0 Å². The lowest BCUT2D eigenvalue weighted by atomic mass is 10.1. The fourth-order valence-electron chi connectivity index (χ4n) is 1.68. The SMILES string of the molecule is CC1(C)CC1CNc1ccnc(NN)n1. The van der Waals surface area contributed by atoms with E-state index in [-0.39, 0.29) is 0 Å². The van der Waals surface area contributed by atoms with Gasteiger partial charge in [-0.3, -0.25) is 5.43 Å². The smallest absolute Gasteiger partial charge is 0.239 e. The molecular weight excluding hydrogens is 190 g/mol. The van der Waals surface area contributed by atoms with Gasteiger partial charge in [-0.15, -0.1) is 0 Å². The lowest BCUT2D eigenvalue weighted by Gasteiger charge is -2.07. The number of nitrogens with zero attached hydrogens (tertiary/aromatic N) is 2. The van der Waals surface area contributed by atoms with Crippen LogP contribution < -0.4 is 16.6 Å². The van der Waals surface area contributed by atoms with Gasteiger partial charge in [0.05, 0.1) is 0 Å². The lowest BCUT2D eigenvalue weighted by molar-refractivity contribution is 0.573. The maximum absolute atomic E-state index is 5.23. The molecule has 2 rings (SSSR count). The summed E-state index contributed by atoms with van der Waals surface area (Å²) in [5.74, 6) is 7.24. The number of hydrogen-bond acceptors (Lipinski definition) is 5. The maximum atomic E-state index is 5.23. The second-order valence-electron chi connectivity index (χ2n) is 4.68. The van der Waals surface area contributed by atoms with E-state index >= 15 is 0 Å². The minimum absolute atomic E-state index is 0.440. The third kappa shape index (κ3) is 2.36. The van der Waals surface area contributed by atoms with Gasteiger partial charge in [0.15, 0.2) is 0 Å². The van der Waals surface area contributed by atoms with Crippen LogP contribution in [0.3, 0.4) is 0 Å². The Morgan fingerprint density at radius 2 is 2.33 bits per heavy atom.